The number of nitrogens with zero attached hydrogens (tertiary/aromatic N) is 2. The Labute approximate surface area is 538 Å². The number of rotatable bonds is 18. The van der Waals surface area contributed by atoms with E-state index in [-0.39, 0.29) is 37.4 Å². The average Bonchev–Trinajstić information content (AvgIpc) is 1.70. The lowest BCUT2D eigenvalue weighted by molar-refractivity contribution is -0.144. The molecule has 1 aromatic heterocycles. The van der Waals surface area contributed by atoms with Crippen molar-refractivity contribution in [1.29, 1.82) is 0 Å². The number of carbonyl (C=O) groups excluding carboxylic acids is 14. The second-order valence-electron chi connectivity index (χ2n) is 23.7. The lowest BCUT2D eigenvalue weighted by Crippen LogP contribution is -2.62. The number of hydrogen-bond acceptors (Lipinski definition) is 18. The Hall–Kier alpha value is -9.27. The van der Waals surface area contributed by atoms with Gasteiger partial charge in [0.05, 0.1) is 43.4 Å². The largest absolute Gasteiger partial charge is 0.394 e. The number of aromatic nitrogens is 1. The molecule has 0 spiro atoms. The van der Waals surface area contributed by atoms with E-state index < -0.39 is 200 Å². The molecule has 1 fully saturated rings. The van der Waals surface area contributed by atoms with Crippen LogP contribution in [0, 0.1) is 17.8 Å². The van der Waals surface area contributed by atoms with Crippen LogP contribution in [0.5, 0.6) is 0 Å². The molecule has 5 heterocycles. The Morgan fingerprint density at radius 3 is 2.05 bits per heavy atom. The van der Waals surface area contributed by atoms with Crippen molar-refractivity contribution in [3.63, 3.8) is 0 Å². The first-order chi connectivity index (χ1) is 44.2. The van der Waals surface area contributed by atoms with Gasteiger partial charge in [-0.3, -0.25) is 72.0 Å². The fraction of sp³-hybridized carbons (Fsp3) is 0.508. The first-order valence-corrected chi connectivity index (χ1v) is 31.5. The monoisotopic (exact) mass is 1310 g/mol. The van der Waals surface area contributed by atoms with Crippen LogP contribution in [0.1, 0.15) is 78.4 Å². The van der Waals surface area contributed by atoms with Gasteiger partial charge in [-0.1, -0.05) is 71.4 Å². The molecular formula is C61H80N14O17S. The van der Waals surface area contributed by atoms with Crippen LogP contribution in [0.15, 0.2) is 65.7 Å². The first-order valence-electron chi connectivity index (χ1n) is 30.5. The molecule has 502 valence electrons. The topological polar surface area (TPSA) is 454 Å². The fourth-order valence-corrected chi connectivity index (χ4v) is 11.9. The molecule has 0 aliphatic carbocycles. The Balaban J connectivity index is 1.14. The van der Waals surface area contributed by atoms with Crippen LogP contribution in [-0.2, 0) is 80.1 Å². The van der Waals surface area contributed by atoms with E-state index in [1.165, 1.54) is 26.0 Å². The van der Waals surface area contributed by atoms with Crippen LogP contribution in [0.4, 0.5) is 5.69 Å². The maximum atomic E-state index is 15.0. The lowest BCUT2D eigenvalue weighted by Gasteiger charge is -2.33. The molecular weight excluding hydrogens is 1230 g/mol. The number of fused-ring (bicyclic) bond motifs is 5. The smallest absolute Gasteiger partial charge is 0.253 e. The molecule has 12 atom stereocenters. The van der Waals surface area contributed by atoms with Gasteiger partial charge in [0.1, 0.15) is 48.3 Å². The number of H-pyrrole nitrogens is 1. The Morgan fingerprint density at radius 1 is 0.720 bits per heavy atom. The number of amides is 14. The zero-order valence-corrected chi connectivity index (χ0v) is 52.9. The zero-order valence-electron chi connectivity index (χ0n) is 52.1. The van der Waals surface area contributed by atoms with Crippen LogP contribution in [0.3, 0.4) is 0 Å². The molecule has 4 unspecified atom stereocenters. The standard InChI is InChI=1S/C61H80N14O17S/c1-7-30(4)51-57(89)64-24-46(81)67-41-28-93-60-37(36-10-8-9-11-38(36)70-60)21-39(54(86)63-25-47(82)72-51)68-59(91)52(31(5)43(78)27-76)73-56(88)42-20-35(77)26-75(42)61(92)40(69-55(41)87)22-45(80)62-23-33-12-14-34(15-13-33)66-53(85)32(6)65-58(90)50(29(2)3)71-44(79)18-19-74-48(83)16-17-49(74)84/h8-17,29-32,35,39-43,50-52,70,76-78H,7,18-28H2,1-6H3,(H,62,80)(H,63,86)(H,64,89)(H,65,90)(H,66,85)(H,67,81)(H,68,91)(H,69,87)(H,71,79)(H,72,82)(H,73,88)/t30-,31-,32-,35?,39?,40-,41?,42-,43-,50?,51-,52-/m0/s1. The van der Waals surface area contributed by atoms with Crippen LogP contribution >= 0.6 is 11.8 Å². The number of anilines is 1. The summed E-state index contributed by atoms with van der Waals surface area (Å²) in [5.41, 5.74) is 1.68. The molecule has 4 aliphatic heterocycles. The van der Waals surface area contributed by atoms with E-state index in [1.54, 1.807) is 64.1 Å². The third-order valence-electron chi connectivity index (χ3n) is 16.5. The third-order valence-corrected chi connectivity index (χ3v) is 17.6. The summed E-state index contributed by atoms with van der Waals surface area (Å²) in [4.78, 5) is 197. The van der Waals surface area contributed by atoms with E-state index in [1.807, 2.05) is 0 Å². The molecule has 4 aliphatic rings. The van der Waals surface area contributed by atoms with Crippen molar-refractivity contribution >= 4 is 111 Å². The fourth-order valence-electron chi connectivity index (χ4n) is 10.7. The predicted molar refractivity (Wildman–Crippen MR) is 333 cm³/mol. The van der Waals surface area contributed by atoms with Crippen molar-refractivity contribution in [2.24, 2.45) is 17.8 Å². The van der Waals surface area contributed by atoms with Gasteiger partial charge in [-0.15, -0.1) is 11.8 Å². The maximum absolute atomic E-state index is 15.0. The Morgan fingerprint density at radius 2 is 1.39 bits per heavy atom. The summed E-state index contributed by atoms with van der Waals surface area (Å²) < 4.78 is 0. The summed E-state index contributed by atoms with van der Waals surface area (Å²) in [5, 5.41) is 61.5. The first kappa shape index (κ1) is 71.2. The van der Waals surface area contributed by atoms with Crippen LogP contribution in [-0.4, -0.2) is 212 Å². The van der Waals surface area contributed by atoms with Gasteiger partial charge in [-0.2, -0.15) is 0 Å². The summed E-state index contributed by atoms with van der Waals surface area (Å²) in [5.74, 6) is -14.0. The highest BCUT2D eigenvalue weighted by atomic mass is 32.2. The molecule has 2 aromatic carbocycles. The minimum atomic E-state index is -1.84. The molecule has 0 radical (unpaired) electrons. The van der Waals surface area contributed by atoms with Crippen molar-refractivity contribution < 1.29 is 82.4 Å². The highest BCUT2D eigenvalue weighted by molar-refractivity contribution is 7.99. The number of aliphatic hydroxyl groups is 3. The number of hydrogen-bond donors (Lipinski definition) is 15. The zero-order chi connectivity index (χ0) is 68.0. The van der Waals surface area contributed by atoms with Gasteiger partial charge in [0.25, 0.3) is 11.8 Å². The third kappa shape index (κ3) is 18.7. The SMILES string of the molecule is CC[C@H](C)[C@@H]1NC(=O)CNC(=O)C2Cc3c([nH]c4ccccc34)SCC(NC(=O)CNC1=O)C(=O)N[C@@H](CC(=O)NCc1ccc(NC(=O)[C@H](C)NC(=O)C(NC(=O)CCN3C(=O)C=CC3=O)C(C)C)cc1)C(=O)N1CC(O)C[C@H]1C(=O)N[C@@H]([C@@H](C)[C@@H](O)CO)C(=O)N2. The van der Waals surface area contributed by atoms with Crippen LogP contribution in [0.2, 0.25) is 0 Å². The van der Waals surface area contributed by atoms with E-state index in [4.69, 9.17) is 0 Å². The number of nitrogens with one attached hydrogen (secondary N) is 12. The van der Waals surface area contributed by atoms with Gasteiger partial charge >= 0.3 is 0 Å². The van der Waals surface area contributed by atoms with E-state index in [0.29, 0.717) is 33.5 Å². The summed E-state index contributed by atoms with van der Waals surface area (Å²) >= 11 is 0.989. The predicted octanol–water partition coefficient (Wildman–Crippen LogP) is -3.91. The molecule has 0 saturated carbocycles. The molecule has 14 amide bonds. The molecule has 2 bridgehead atoms. The van der Waals surface area contributed by atoms with Crippen LogP contribution < -0.4 is 58.5 Å². The summed E-state index contributed by atoms with van der Waals surface area (Å²) in [7, 11) is 0. The number of para-hydroxylation sites is 1. The van der Waals surface area contributed by atoms with Gasteiger partial charge in [0.2, 0.25) is 70.9 Å². The molecule has 15 N–H and O–H groups in total. The number of aromatic amines is 1. The van der Waals surface area contributed by atoms with Gasteiger partial charge in [-0.05, 0) is 48.1 Å². The second kappa shape index (κ2) is 32.3. The number of aliphatic hydroxyl groups excluding tert-OH is 3. The highest BCUT2D eigenvalue weighted by Crippen LogP contribution is 2.32. The number of benzene rings is 2. The van der Waals surface area contributed by atoms with Gasteiger partial charge in [0.15, 0.2) is 0 Å². The highest BCUT2D eigenvalue weighted by Gasteiger charge is 2.45. The summed E-state index contributed by atoms with van der Waals surface area (Å²) in [6.45, 7) is 6.32. The van der Waals surface area contributed by atoms with Crippen molar-refractivity contribution in [3.8, 4) is 0 Å². The minimum absolute atomic E-state index is 0.190. The number of carbonyl (C=O) groups is 14. The van der Waals surface area contributed by atoms with Crippen LogP contribution in [0.25, 0.3) is 10.9 Å². The maximum Gasteiger partial charge on any atom is 0.253 e. The van der Waals surface area contributed by atoms with E-state index in [2.05, 4.69) is 63.5 Å². The molecule has 93 heavy (non-hydrogen) atoms. The Bertz CT molecular complexity index is 3380. The molecule has 32 heteroatoms. The normalized spacial score (nSPS) is 23.7. The van der Waals surface area contributed by atoms with E-state index >= 15 is 4.79 Å². The molecule has 31 nitrogen and oxygen atoms in total. The minimum Gasteiger partial charge on any atom is -0.394 e. The lowest BCUT2D eigenvalue weighted by atomic mass is 9.93. The summed E-state index contributed by atoms with van der Waals surface area (Å²) in [6, 6.07) is 1.18. The van der Waals surface area contributed by atoms with Gasteiger partial charge in [-0.25, -0.2) is 0 Å². The van der Waals surface area contributed by atoms with Crippen molar-refractivity contribution in [2.75, 3.05) is 43.9 Å². The van der Waals surface area contributed by atoms with Crippen molar-refractivity contribution in [3.05, 3.63) is 71.8 Å². The molecule has 7 rings (SSSR count). The quantitative estimate of drug-likeness (QED) is 0.0541. The van der Waals surface area contributed by atoms with Gasteiger partial charge in [0, 0.05) is 79.3 Å². The van der Waals surface area contributed by atoms with E-state index in [9.17, 15) is 77.6 Å². The van der Waals surface area contributed by atoms with E-state index in [0.717, 1.165) is 33.7 Å². The average molecular weight is 1310 g/mol. The number of imide groups is 1. The number of thioether (sulfide) groups is 1. The Kier molecular flexibility index (Phi) is 24.7. The molecule has 3 aromatic rings. The second-order valence-corrected chi connectivity index (χ2v) is 24.7. The van der Waals surface area contributed by atoms with Crippen molar-refractivity contribution in [1.82, 2.24) is 68.0 Å². The van der Waals surface area contributed by atoms with Gasteiger partial charge < -0.3 is 83.7 Å². The summed E-state index contributed by atoms with van der Waals surface area (Å²) in [6.07, 6.45) is -2.30. The van der Waals surface area contributed by atoms with Crippen molar-refractivity contribution in [2.45, 2.75) is 146 Å². The molecule has 1 saturated heterocycles.